The van der Waals surface area contributed by atoms with Crippen molar-refractivity contribution in [2.75, 3.05) is 17.3 Å². The molecule has 1 aliphatic carbocycles. The molecule has 1 saturated carbocycles. The minimum Gasteiger partial charge on any atom is -0.449 e. The summed E-state index contributed by atoms with van der Waals surface area (Å²) in [6.45, 7) is 3.66. The Morgan fingerprint density at radius 2 is 1.78 bits per heavy atom. The summed E-state index contributed by atoms with van der Waals surface area (Å²) in [5.41, 5.74) is 1.66. The molecule has 2 aromatic rings. The molecule has 0 atom stereocenters. The van der Waals surface area contributed by atoms with Gasteiger partial charge in [0, 0.05) is 38.6 Å². The van der Waals surface area contributed by atoms with E-state index >= 15 is 0 Å². The van der Waals surface area contributed by atoms with Crippen molar-refractivity contribution in [3.63, 3.8) is 0 Å². The first-order chi connectivity index (χ1) is 12.8. The molecular formula is C21H22N2O4. The zero-order chi connectivity index (χ0) is 19.2. The van der Waals surface area contributed by atoms with Crippen LogP contribution in [0.5, 0.6) is 11.5 Å². The highest BCUT2D eigenvalue weighted by Gasteiger charge is 2.34. The lowest BCUT2D eigenvalue weighted by Gasteiger charge is -2.20. The topological polar surface area (TPSA) is 67.9 Å². The van der Waals surface area contributed by atoms with Crippen molar-refractivity contribution in [2.45, 2.75) is 32.5 Å². The van der Waals surface area contributed by atoms with Crippen LogP contribution < -0.4 is 19.7 Å². The van der Waals surface area contributed by atoms with E-state index in [2.05, 4.69) is 5.32 Å². The summed E-state index contributed by atoms with van der Waals surface area (Å²) in [6, 6.07) is 12.4. The molecule has 1 aliphatic heterocycles. The Labute approximate surface area is 158 Å². The minimum absolute atomic E-state index is 0.0561. The zero-order valence-corrected chi connectivity index (χ0v) is 15.6. The first-order valence-corrected chi connectivity index (χ1v) is 9.04. The van der Waals surface area contributed by atoms with E-state index in [1.165, 1.54) is 0 Å². The fourth-order valence-corrected chi connectivity index (χ4v) is 3.18. The second kappa shape index (κ2) is 6.30. The zero-order valence-electron chi connectivity index (χ0n) is 15.6. The lowest BCUT2D eigenvalue weighted by atomic mass is 10.1. The summed E-state index contributed by atoms with van der Waals surface area (Å²) < 4.78 is 11.4. The van der Waals surface area contributed by atoms with E-state index in [9.17, 15) is 9.59 Å². The van der Waals surface area contributed by atoms with Crippen LogP contribution in [0, 0.1) is 5.92 Å². The summed E-state index contributed by atoms with van der Waals surface area (Å²) in [4.78, 5) is 26.8. The van der Waals surface area contributed by atoms with Crippen molar-refractivity contribution in [1.82, 2.24) is 0 Å². The van der Waals surface area contributed by atoms with Gasteiger partial charge in [-0.3, -0.25) is 9.59 Å². The highest BCUT2D eigenvalue weighted by molar-refractivity contribution is 6.11. The number of para-hydroxylation sites is 1. The van der Waals surface area contributed by atoms with Crippen LogP contribution >= 0.6 is 0 Å². The summed E-state index contributed by atoms with van der Waals surface area (Å²) in [5.74, 6) is 0.382. The van der Waals surface area contributed by atoms with Gasteiger partial charge in [0.05, 0.1) is 11.3 Å². The Balaban J connectivity index is 1.55. The van der Waals surface area contributed by atoms with Crippen molar-refractivity contribution in [2.24, 2.45) is 5.92 Å². The summed E-state index contributed by atoms with van der Waals surface area (Å²) in [5, 5.41) is 2.88. The average Bonchev–Trinajstić information content (AvgIpc) is 3.43. The molecular weight excluding hydrogens is 344 g/mol. The molecule has 0 spiro atoms. The SMILES string of the molecule is CN(C(=O)C1CC1)c1ccccc1C(=O)Nc1ccc2c(c1)OC(C)(C)O2. The molecule has 0 bridgehead atoms. The molecule has 27 heavy (non-hydrogen) atoms. The quantitative estimate of drug-likeness (QED) is 0.893. The fourth-order valence-electron chi connectivity index (χ4n) is 3.18. The molecule has 0 aromatic heterocycles. The molecule has 1 fully saturated rings. The van der Waals surface area contributed by atoms with Gasteiger partial charge < -0.3 is 19.7 Å². The molecule has 140 valence electrons. The Kier molecular flexibility index (Phi) is 4.06. The summed E-state index contributed by atoms with van der Waals surface area (Å²) in [7, 11) is 1.72. The smallest absolute Gasteiger partial charge is 0.257 e. The molecule has 1 heterocycles. The van der Waals surface area contributed by atoms with E-state index in [4.69, 9.17) is 9.47 Å². The van der Waals surface area contributed by atoms with Crippen LogP contribution in [0.3, 0.4) is 0 Å². The second-order valence-corrected chi connectivity index (χ2v) is 7.41. The van der Waals surface area contributed by atoms with Gasteiger partial charge in [-0.1, -0.05) is 12.1 Å². The van der Waals surface area contributed by atoms with Gasteiger partial charge in [0.15, 0.2) is 11.5 Å². The molecule has 6 heteroatoms. The van der Waals surface area contributed by atoms with Crippen molar-refractivity contribution in [3.8, 4) is 11.5 Å². The molecule has 1 N–H and O–H groups in total. The van der Waals surface area contributed by atoms with Gasteiger partial charge in [-0.2, -0.15) is 0 Å². The lowest BCUT2D eigenvalue weighted by Crippen LogP contribution is -2.30. The fraction of sp³-hybridized carbons (Fsp3) is 0.333. The van der Waals surface area contributed by atoms with Crippen LogP contribution in [0.25, 0.3) is 0 Å². The number of fused-ring (bicyclic) bond motifs is 1. The number of carbonyl (C=O) groups is 2. The van der Waals surface area contributed by atoms with Crippen molar-refractivity contribution < 1.29 is 19.1 Å². The monoisotopic (exact) mass is 366 g/mol. The van der Waals surface area contributed by atoms with Gasteiger partial charge >= 0.3 is 0 Å². The third kappa shape index (κ3) is 3.47. The Bertz CT molecular complexity index is 918. The van der Waals surface area contributed by atoms with Crippen molar-refractivity contribution in [3.05, 3.63) is 48.0 Å². The maximum Gasteiger partial charge on any atom is 0.257 e. The maximum absolute atomic E-state index is 12.9. The van der Waals surface area contributed by atoms with Gasteiger partial charge in [0.25, 0.3) is 5.91 Å². The second-order valence-electron chi connectivity index (χ2n) is 7.41. The number of amides is 2. The van der Waals surface area contributed by atoms with Gasteiger partial charge in [-0.05, 0) is 37.1 Å². The van der Waals surface area contributed by atoms with Crippen LogP contribution in [-0.2, 0) is 4.79 Å². The van der Waals surface area contributed by atoms with Crippen LogP contribution in [0.2, 0.25) is 0 Å². The van der Waals surface area contributed by atoms with E-state index in [-0.39, 0.29) is 17.7 Å². The van der Waals surface area contributed by atoms with Crippen LogP contribution in [0.15, 0.2) is 42.5 Å². The predicted octanol–water partition coefficient (Wildman–Crippen LogP) is 3.82. The van der Waals surface area contributed by atoms with E-state index in [1.807, 2.05) is 19.9 Å². The normalized spacial score (nSPS) is 16.7. The van der Waals surface area contributed by atoms with Crippen molar-refractivity contribution in [1.29, 1.82) is 0 Å². The summed E-state index contributed by atoms with van der Waals surface area (Å²) in [6.07, 6.45) is 1.84. The van der Waals surface area contributed by atoms with Crippen molar-refractivity contribution >= 4 is 23.2 Å². The number of rotatable bonds is 4. The van der Waals surface area contributed by atoms with Gasteiger partial charge in [0.2, 0.25) is 11.7 Å². The lowest BCUT2D eigenvalue weighted by molar-refractivity contribution is -0.119. The third-order valence-corrected chi connectivity index (χ3v) is 4.68. The molecule has 0 unspecified atom stereocenters. The van der Waals surface area contributed by atoms with E-state index in [0.29, 0.717) is 28.4 Å². The third-order valence-electron chi connectivity index (χ3n) is 4.68. The number of nitrogens with zero attached hydrogens (tertiary/aromatic N) is 1. The van der Waals surface area contributed by atoms with Gasteiger partial charge in [-0.25, -0.2) is 0 Å². The van der Waals surface area contributed by atoms with Crippen LogP contribution in [0.4, 0.5) is 11.4 Å². The maximum atomic E-state index is 12.9. The van der Waals surface area contributed by atoms with Crippen LogP contribution in [0.1, 0.15) is 37.0 Å². The first-order valence-electron chi connectivity index (χ1n) is 9.04. The molecule has 0 saturated heterocycles. The van der Waals surface area contributed by atoms with E-state index in [0.717, 1.165) is 12.8 Å². The summed E-state index contributed by atoms with van der Waals surface area (Å²) >= 11 is 0. The van der Waals surface area contributed by atoms with Gasteiger partial charge in [-0.15, -0.1) is 0 Å². The molecule has 2 aliphatic rings. The largest absolute Gasteiger partial charge is 0.449 e. The van der Waals surface area contributed by atoms with E-state index < -0.39 is 5.79 Å². The number of nitrogens with one attached hydrogen (secondary N) is 1. The highest BCUT2D eigenvalue weighted by atomic mass is 16.7. The standard InChI is InChI=1S/C21H22N2O4/c1-21(2)26-17-11-10-14(12-18(17)27-21)22-19(24)15-6-4-5-7-16(15)23(3)20(25)13-8-9-13/h4-7,10-13H,8-9H2,1-3H3,(H,22,24). The van der Waals surface area contributed by atoms with E-state index in [1.54, 1.807) is 48.3 Å². The van der Waals surface area contributed by atoms with Crippen LogP contribution in [-0.4, -0.2) is 24.6 Å². The Morgan fingerprint density at radius 3 is 2.52 bits per heavy atom. The Hall–Kier alpha value is -3.02. The minimum atomic E-state index is -0.719. The first kappa shape index (κ1) is 17.4. The Morgan fingerprint density at radius 1 is 1.07 bits per heavy atom. The molecule has 2 amide bonds. The number of hydrogen-bond donors (Lipinski definition) is 1. The average molecular weight is 366 g/mol. The number of ether oxygens (including phenoxy) is 2. The molecule has 6 nitrogen and oxygen atoms in total. The molecule has 4 rings (SSSR count). The predicted molar refractivity (Wildman–Crippen MR) is 102 cm³/mol. The molecule has 0 radical (unpaired) electrons. The number of benzene rings is 2. The van der Waals surface area contributed by atoms with Gasteiger partial charge in [0.1, 0.15) is 0 Å². The number of carbonyl (C=O) groups excluding carboxylic acids is 2. The molecule has 2 aromatic carbocycles. The number of hydrogen-bond acceptors (Lipinski definition) is 4. The highest BCUT2D eigenvalue weighted by Crippen LogP contribution is 2.41. The number of anilines is 2.